The second kappa shape index (κ2) is 9.59. The molecule has 1 aromatic carbocycles. The lowest BCUT2D eigenvalue weighted by Crippen LogP contribution is -2.21. The number of carbonyl (C=O) groups is 1. The van der Waals surface area contributed by atoms with E-state index in [4.69, 9.17) is 16.3 Å². The third-order valence-electron chi connectivity index (χ3n) is 5.23. The first-order chi connectivity index (χ1) is 17.8. The van der Waals surface area contributed by atoms with Crippen molar-refractivity contribution in [2.45, 2.75) is 12.8 Å². The largest absolute Gasteiger partial charge is 0.434 e. The molecule has 0 aliphatic carbocycles. The highest BCUT2D eigenvalue weighted by molar-refractivity contribution is 6.32. The number of aromatic nitrogens is 7. The van der Waals surface area contributed by atoms with E-state index in [-0.39, 0.29) is 28.8 Å². The molecule has 0 aliphatic rings. The van der Waals surface area contributed by atoms with Crippen molar-refractivity contribution in [2.24, 2.45) is 0 Å². The topological polar surface area (TPSA) is 113 Å². The van der Waals surface area contributed by atoms with Gasteiger partial charge in [0, 0.05) is 18.7 Å². The summed E-state index contributed by atoms with van der Waals surface area (Å²) >= 11 is 6.27. The Morgan fingerprint density at radius 3 is 2.70 bits per heavy atom. The average molecular weight is 529 g/mol. The molecule has 0 unspecified atom stereocenters. The monoisotopic (exact) mass is 528 g/mol. The summed E-state index contributed by atoms with van der Waals surface area (Å²) in [5.74, 6) is -0.877. The number of hydrogen-bond acceptors (Lipinski definition) is 7. The van der Waals surface area contributed by atoms with Crippen LogP contribution in [0.1, 0.15) is 21.7 Å². The second-order valence-electron chi connectivity index (χ2n) is 7.71. The molecule has 0 radical (unpaired) electrons. The quantitative estimate of drug-likeness (QED) is 0.346. The number of amides is 1. The maximum Gasteiger partial charge on any atom is 0.434 e. The molecule has 0 spiro atoms. The number of hydrogen-bond donors (Lipinski definition) is 1. The van der Waals surface area contributed by atoms with Crippen LogP contribution in [0.4, 0.5) is 18.9 Å². The molecular formula is C23H16ClF3N8O2. The molecule has 0 atom stereocenters. The van der Waals surface area contributed by atoms with Crippen molar-refractivity contribution >= 4 is 34.1 Å². The first kappa shape index (κ1) is 24.3. The van der Waals surface area contributed by atoms with Crippen molar-refractivity contribution in [1.29, 1.82) is 0 Å². The van der Waals surface area contributed by atoms with Crippen LogP contribution in [-0.2, 0) is 17.5 Å². The third kappa shape index (κ3) is 4.73. The van der Waals surface area contributed by atoms with Crippen molar-refractivity contribution in [2.75, 3.05) is 12.4 Å². The van der Waals surface area contributed by atoms with Gasteiger partial charge < -0.3 is 10.1 Å². The van der Waals surface area contributed by atoms with Gasteiger partial charge in [0.2, 0.25) is 0 Å². The van der Waals surface area contributed by atoms with Gasteiger partial charge in [0.1, 0.15) is 5.69 Å². The van der Waals surface area contributed by atoms with E-state index in [1.807, 2.05) is 0 Å². The van der Waals surface area contributed by atoms with Crippen LogP contribution in [-0.4, -0.2) is 47.8 Å². The van der Waals surface area contributed by atoms with Gasteiger partial charge >= 0.3 is 6.18 Å². The molecule has 0 bridgehead atoms. The molecule has 10 nitrogen and oxygen atoms in total. The molecule has 0 saturated heterocycles. The number of benzene rings is 1. The number of alkyl halides is 3. The second-order valence-corrected chi connectivity index (χ2v) is 8.11. The summed E-state index contributed by atoms with van der Waals surface area (Å²) in [5, 5.41) is 15.0. The Morgan fingerprint density at radius 1 is 1.11 bits per heavy atom. The summed E-state index contributed by atoms with van der Waals surface area (Å²) < 4.78 is 48.2. The average Bonchev–Trinajstić information content (AvgIpc) is 3.52. The molecule has 1 N–H and O–H groups in total. The van der Waals surface area contributed by atoms with Crippen LogP contribution in [0.2, 0.25) is 5.02 Å². The number of anilines is 1. The zero-order chi connectivity index (χ0) is 26.2. The number of nitrogens with one attached hydrogen (secondary N) is 1. The fraction of sp³-hybridized carbons (Fsp3) is 0.130. The summed E-state index contributed by atoms with van der Waals surface area (Å²) in [4.78, 5) is 22.4. The van der Waals surface area contributed by atoms with Crippen LogP contribution in [0.5, 0.6) is 0 Å². The van der Waals surface area contributed by atoms with Gasteiger partial charge in [0.05, 0.1) is 52.7 Å². The van der Waals surface area contributed by atoms with Crippen molar-refractivity contribution < 1.29 is 22.7 Å². The summed E-state index contributed by atoms with van der Waals surface area (Å²) in [7, 11) is 1.51. The van der Waals surface area contributed by atoms with Gasteiger partial charge in [-0.25, -0.2) is 9.67 Å². The highest BCUT2D eigenvalue weighted by Gasteiger charge is 2.41. The first-order valence-corrected chi connectivity index (χ1v) is 11.0. The summed E-state index contributed by atoms with van der Waals surface area (Å²) in [6, 6.07) is 9.26. The zero-order valence-corrected chi connectivity index (χ0v) is 19.7. The predicted octanol–water partition coefficient (Wildman–Crippen LogP) is 4.47. The van der Waals surface area contributed by atoms with Crippen LogP contribution in [0.15, 0.2) is 61.2 Å². The van der Waals surface area contributed by atoms with Crippen molar-refractivity contribution in [1.82, 2.24) is 34.7 Å². The Hall–Kier alpha value is -4.36. The third-order valence-corrected chi connectivity index (χ3v) is 5.51. The van der Waals surface area contributed by atoms with Crippen LogP contribution in [0, 0.1) is 0 Å². The number of nitrogens with zero attached hydrogens (tertiary/aromatic N) is 7. The van der Waals surface area contributed by atoms with Gasteiger partial charge in [-0.2, -0.15) is 23.4 Å². The van der Waals surface area contributed by atoms with Gasteiger partial charge in [-0.3, -0.25) is 9.78 Å². The number of pyridine rings is 2. The number of fused-ring (bicyclic) bond motifs is 1. The molecule has 5 aromatic rings. The van der Waals surface area contributed by atoms with Crippen molar-refractivity contribution in [3.8, 4) is 11.5 Å². The predicted molar refractivity (Wildman–Crippen MR) is 127 cm³/mol. The van der Waals surface area contributed by atoms with Crippen LogP contribution in [0.25, 0.3) is 22.4 Å². The van der Waals surface area contributed by atoms with Crippen LogP contribution in [0.3, 0.4) is 0 Å². The van der Waals surface area contributed by atoms with E-state index >= 15 is 0 Å². The van der Waals surface area contributed by atoms with Crippen LogP contribution >= 0.6 is 11.6 Å². The molecule has 37 heavy (non-hydrogen) atoms. The smallest absolute Gasteiger partial charge is 0.378 e. The van der Waals surface area contributed by atoms with Gasteiger partial charge in [-0.05, 0) is 30.3 Å². The molecule has 4 heterocycles. The number of carbonyl (C=O) groups excluding carboxylic acids is 1. The van der Waals surface area contributed by atoms with Crippen LogP contribution < -0.4 is 5.32 Å². The van der Waals surface area contributed by atoms with Gasteiger partial charge in [-0.15, -0.1) is 9.90 Å². The maximum atomic E-state index is 14.2. The molecule has 0 fully saturated rings. The maximum absolute atomic E-state index is 14.2. The Bertz CT molecular complexity index is 1610. The lowest BCUT2D eigenvalue weighted by atomic mass is 10.1. The first-order valence-electron chi connectivity index (χ1n) is 10.6. The fourth-order valence-electron chi connectivity index (χ4n) is 3.70. The molecule has 14 heteroatoms. The Kier molecular flexibility index (Phi) is 6.31. The minimum Gasteiger partial charge on any atom is -0.378 e. The molecule has 0 saturated carbocycles. The van der Waals surface area contributed by atoms with E-state index in [0.29, 0.717) is 21.3 Å². The van der Waals surface area contributed by atoms with Gasteiger partial charge in [-0.1, -0.05) is 17.7 Å². The minimum atomic E-state index is -4.89. The number of halogens is 4. The zero-order valence-electron chi connectivity index (χ0n) is 18.9. The van der Waals surface area contributed by atoms with E-state index in [2.05, 4.69) is 30.6 Å². The molecule has 5 rings (SSSR count). The molecular weight excluding hydrogens is 513 g/mol. The van der Waals surface area contributed by atoms with Gasteiger partial charge in [0.25, 0.3) is 5.91 Å². The Labute approximate surface area is 211 Å². The standard InChI is InChI=1S/C23H16ClF3N8O2/c1-37-12-14-10-31-35(33-14)21-17(24)8-13(9-29-21)32-22(36)16-11-30-34(20(16)23(25,26)27)19-6-2-5-18-15(19)4-3-7-28-18/h2-11H,12H2,1H3,(H,32,36). The lowest BCUT2D eigenvalue weighted by Gasteiger charge is -2.14. The number of methoxy groups -OCH3 is 1. The SMILES string of the molecule is COCc1cnn(-c2ncc(NC(=O)c3cnn(-c4cccc5ncccc45)c3C(F)(F)F)cc2Cl)n1. The highest BCUT2D eigenvalue weighted by atomic mass is 35.5. The summed E-state index contributed by atoms with van der Waals surface area (Å²) in [5.41, 5.74) is -0.688. The van der Waals surface area contributed by atoms with E-state index in [1.54, 1.807) is 24.3 Å². The van der Waals surface area contributed by atoms with E-state index in [9.17, 15) is 18.0 Å². The van der Waals surface area contributed by atoms with Gasteiger partial charge in [0.15, 0.2) is 11.5 Å². The molecule has 4 aromatic heterocycles. The van der Waals surface area contributed by atoms with Crippen molar-refractivity contribution in [3.63, 3.8) is 0 Å². The summed E-state index contributed by atoms with van der Waals surface area (Å²) in [6.45, 7) is 0.232. The fourth-order valence-corrected chi connectivity index (χ4v) is 3.94. The summed E-state index contributed by atoms with van der Waals surface area (Å²) in [6.07, 6.45) is 0.205. The Balaban J connectivity index is 1.47. The molecule has 188 valence electrons. The lowest BCUT2D eigenvalue weighted by molar-refractivity contribution is -0.143. The van der Waals surface area contributed by atoms with E-state index < -0.39 is 23.3 Å². The van der Waals surface area contributed by atoms with Crippen molar-refractivity contribution in [3.05, 3.63) is 83.2 Å². The van der Waals surface area contributed by atoms with E-state index in [0.717, 1.165) is 6.20 Å². The highest BCUT2D eigenvalue weighted by Crippen LogP contribution is 2.35. The Morgan fingerprint density at radius 2 is 1.95 bits per heavy atom. The minimum absolute atomic E-state index is 0.0624. The number of rotatable bonds is 6. The normalized spacial score (nSPS) is 11.7. The molecule has 1 amide bonds. The number of ether oxygens (including phenoxy) is 1. The van der Waals surface area contributed by atoms with E-state index in [1.165, 1.54) is 42.6 Å². The molecule has 0 aliphatic heterocycles.